The predicted octanol–water partition coefficient (Wildman–Crippen LogP) is 2.09. The Kier molecular flexibility index (Phi) is 4.89. The molecule has 96 valence electrons. The largest absolute Gasteiger partial charge is 0.312 e. The summed E-state index contributed by atoms with van der Waals surface area (Å²) in [7, 11) is 0. The Morgan fingerprint density at radius 3 is 2.71 bits per heavy atom. The summed E-state index contributed by atoms with van der Waals surface area (Å²) in [6.45, 7) is 9.83. The number of aromatic nitrogens is 2. The van der Waals surface area contributed by atoms with Gasteiger partial charge in [-0.25, -0.2) is 4.98 Å². The Morgan fingerprint density at radius 2 is 2.12 bits per heavy atom. The van der Waals surface area contributed by atoms with Gasteiger partial charge in [-0.1, -0.05) is 0 Å². The molecule has 0 amide bonds. The van der Waals surface area contributed by atoms with Crippen molar-refractivity contribution in [3.63, 3.8) is 0 Å². The average molecular weight is 302 g/mol. The molecular formula is C12H20BrN3O. The maximum atomic E-state index is 11.8. The van der Waals surface area contributed by atoms with E-state index in [1.54, 1.807) is 10.8 Å². The van der Waals surface area contributed by atoms with Gasteiger partial charge in [0.25, 0.3) is 5.56 Å². The first-order valence-electron chi connectivity index (χ1n) is 5.78. The maximum Gasteiger partial charge on any atom is 0.267 e. The van der Waals surface area contributed by atoms with Gasteiger partial charge < -0.3 is 5.32 Å². The molecule has 5 heteroatoms. The van der Waals surface area contributed by atoms with Gasteiger partial charge in [0.2, 0.25) is 0 Å². The SMILES string of the molecule is Cc1ncc(Br)c(=O)n1CCCNC(C)(C)C. The lowest BCUT2D eigenvalue weighted by molar-refractivity contribution is 0.411. The third-order valence-electron chi connectivity index (χ3n) is 2.42. The van der Waals surface area contributed by atoms with Crippen LogP contribution in [0.1, 0.15) is 33.0 Å². The van der Waals surface area contributed by atoms with E-state index >= 15 is 0 Å². The molecular weight excluding hydrogens is 282 g/mol. The van der Waals surface area contributed by atoms with Gasteiger partial charge in [-0.05, 0) is 56.6 Å². The van der Waals surface area contributed by atoms with Crippen molar-refractivity contribution in [1.82, 2.24) is 14.9 Å². The molecule has 0 saturated carbocycles. The van der Waals surface area contributed by atoms with Crippen molar-refractivity contribution in [1.29, 1.82) is 0 Å². The zero-order chi connectivity index (χ0) is 13.1. The van der Waals surface area contributed by atoms with Crippen molar-refractivity contribution in [3.8, 4) is 0 Å². The normalized spacial score (nSPS) is 11.8. The maximum absolute atomic E-state index is 11.8. The summed E-state index contributed by atoms with van der Waals surface area (Å²) >= 11 is 3.21. The van der Waals surface area contributed by atoms with Gasteiger partial charge in [-0.3, -0.25) is 9.36 Å². The quantitative estimate of drug-likeness (QED) is 0.866. The summed E-state index contributed by atoms with van der Waals surface area (Å²) in [6, 6.07) is 0. The van der Waals surface area contributed by atoms with Crippen LogP contribution < -0.4 is 10.9 Å². The highest BCUT2D eigenvalue weighted by Crippen LogP contribution is 2.03. The Labute approximate surface area is 111 Å². The summed E-state index contributed by atoms with van der Waals surface area (Å²) in [4.78, 5) is 16.0. The van der Waals surface area contributed by atoms with Crippen LogP contribution in [0, 0.1) is 6.92 Å². The second-order valence-electron chi connectivity index (χ2n) is 5.14. The van der Waals surface area contributed by atoms with Crippen LogP contribution in [-0.2, 0) is 6.54 Å². The van der Waals surface area contributed by atoms with Gasteiger partial charge in [0.15, 0.2) is 0 Å². The molecule has 1 heterocycles. The standard InChI is InChI=1S/C12H20BrN3O/c1-9-14-8-10(13)11(17)16(9)7-5-6-15-12(2,3)4/h8,15H,5-7H2,1-4H3. The fourth-order valence-corrected chi connectivity index (χ4v) is 1.83. The van der Waals surface area contributed by atoms with Crippen molar-refractivity contribution in [2.24, 2.45) is 0 Å². The van der Waals surface area contributed by atoms with E-state index in [0.29, 0.717) is 11.0 Å². The monoisotopic (exact) mass is 301 g/mol. The molecule has 0 saturated heterocycles. The van der Waals surface area contributed by atoms with Gasteiger partial charge in [-0.2, -0.15) is 0 Å². The average Bonchev–Trinajstić information content (AvgIpc) is 2.21. The van der Waals surface area contributed by atoms with Crippen LogP contribution in [0.5, 0.6) is 0 Å². The number of aryl methyl sites for hydroxylation is 1. The lowest BCUT2D eigenvalue weighted by Gasteiger charge is -2.20. The summed E-state index contributed by atoms with van der Waals surface area (Å²) < 4.78 is 2.22. The molecule has 0 aliphatic heterocycles. The zero-order valence-corrected chi connectivity index (χ0v) is 12.5. The van der Waals surface area contributed by atoms with Crippen molar-refractivity contribution in [3.05, 3.63) is 26.8 Å². The minimum Gasteiger partial charge on any atom is -0.312 e. The molecule has 1 aromatic heterocycles. The minimum absolute atomic E-state index is 0.00624. The number of halogens is 1. The Hall–Kier alpha value is -0.680. The molecule has 0 aliphatic rings. The molecule has 1 N–H and O–H groups in total. The highest BCUT2D eigenvalue weighted by molar-refractivity contribution is 9.10. The Morgan fingerprint density at radius 1 is 1.47 bits per heavy atom. The summed E-state index contributed by atoms with van der Waals surface area (Å²) in [6.07, 6.45) is 2.47. The van der Waals surface area contributed by atoms with E-state index in [-0.39, 0.29) is 11.1 Å². The van der Waals surface area contributed by atoms with Crippen molar-refractivity contribution >= 4 is 15.9 Å². The van der Waals surface area contributed by atoms with E-state index in [1.807, 2.05) is 6.92 Å². The molecule has 0 unspecified atom stereocenters. The van der Waals surface area contributed by atoms with Gasteiger partial charge in [0, 0.05) is 18.3 Å². The number of hydrogen-bond donors (Lipinski definition) is 1. The smallest absolute Gasteiger partial charge is 0.267 e. The minimum atomic E-state index is -0.00624. The zero-order valence-electron chi connectivity index (χ0n) is 10.9. The molecule has 0 fully saturated rings. The lowest BCUT2D eigenvalue weighted by atomic mass is 10.1. The van der Waals surface area contributed by atoms with E-state index in [0.717, 1.165) is 18.8 Å². The number of nitrogens with zero attached hydrogens (tertiary/aromatic N) is 2. The molecule has 0 spiro atoms. The molecule has 0 bridgehead atoms. The van der Waals surface area contributed by atoms with E-state index in [1.165, 1.54) is 0 Å². The van der Waals surface area contributed by atoms with Crippen LogP contribution in [-0.4, -0.2) is 21.6 Å². The molecule has 0 aromatic carbocycles. The van der Waals surface area contributed by atoms with Crippen LogP contribution in [0.15, 0.2) is 15.5 Å². The van der Waals surface area contributed by atoms with E-state index in [9.17, 15) is 4.79 Å². The molecule has 17 heavy (non-hydrogen) atoms. The molecule has 4 nitrogen and oxygen atoms in total. The van der Waals surface area contributed by atoms with Crippen molar-refractivity contribution in [2.45, 2.75) is 46.2 Å². The van der Waals surface area contributed by atoms with Gasteiger partial charge >= 0.3 is 0 Å². The molecule has 1 aromatic rings. The van der Waals surface area contributed by atoms with Crippen LogP contribution in [0.3, 0.4) is 0 Å². The number of hydrogen-bond acceptors (Lipinski definition) is 3. The van der Waals surface area contributed by atoms with Gasteiger partial charge in [0.05, 0.1) is 0 Å². The second-order valence-corrected chi connectivity index (χ2v) is 5.99. The summed E-state index contributed by atoms with van der Waals surface area (Å²) in [5.74, 6) is 0.758. The lowest BCUT2D eigenvalue weighted by Crippen LogP contribution is -2.37. The Balaban J connectivity index is 2.59. The molecule has 0 atom stereocenters. The molecule has 1 rings (SSSR count). The van der Waals surface area contributed by atoms with Crippen LogP contribution >= 0.6 is 15.9 Å². The fourth-order valence-electron chi connectivity index (χ4n) is 1.51. The van der Waals surface area contributed by atoms with Gasteiger partial charge in [-0.15, -0.1) is 0 Å². The van der Waals surface area contributed by atoms with E-state index in [4.69, 9.17) is 0 Å². The first kappa shape index (κ1) is 14.4. The third-order valence-corrected chi connectivity index (χ3v) is 2.96. The Bertz CT molecular complexity index is 434. The predicted molar refractivity (Wildman–Crippen MR) is 73.3 cm³/mol. The first-order valence-corrected chi connectivity index (χ1v) is 6.57. The van der Waals surface area contributed by atoms with Crippen LogP contribution in [0.25, 0.3) is 0 Å². The topological polar surface area (TPSA) is 46.9 Å². The first-order chi connectivity index (χ1) is 7.81. The molecule has 0 radical (unpaired) electrons. The molecule has 0 aliphatic carbocycles. The fraction of sp³-hybridized carbons (Fsp3) is 0.667. The second kappa shape index (κ2) is 5.78. The number of rotatable bonds is 4. The summed E-state index contributed by atoms with van der Waals surface area (Å²) in [5, 5.41) is 3.40. The highest BCUT2D eigenvalue weighted by Gasteiger charge is 2.08. The number of nitrogens with one attached hydrogen (secondary N) is 1. The summed E-state index contributed by atoms with van der Waals surface area (Å²) in [5.41, 5.74) is 0.114. The van der Waals surface area contributed by atoms with Crippen molar-refractivity contribution < 1.29 is 0 Å². The van der Waals surface area contributed by atoms with E-state index < -0.39 is 0 Å². The highest BCUT2D eigenvalue weighted by atomic mass is 79.9. The van der Waals surface area contributed by atoms with Gasteiger partial charge in [0.1, 0.15) is 10.3 Å². The van der Waals surface area contributed by atoms with Crippen molar-refractivity contribution in [2.75, 3.05) is 6.54 Å². The van der Waals surface area contributed by atoms with Crippen LogP contribution in [0.4, 0.5) is 0 Å². The third kappa shape index (κ3) is 4.60. The van der Waals surface area contributed by atoms with E-state index in [2.05, 4.69) is 47.0 Å². The van der Waals surface area contributed by atoms with Crippen LogP contribution in [0.2, 0.25) is 0 Å².